The molecule has 0 saturated heterocycles. The zero-order valence-corrected chi connectivity index (χ0v) is 23.5. The van der Waals surface area contributed by atoms with Gasteiger partial charge in [0.15, 0.2) is 9.84 Å². The molecule has 1 N–H and O–H groups in total. The molecule has 0 aliphatic rings. The summed E-state index contributed by atoms with van der Waals surface area (Å²) >= 11 is 0. The smallest absolute Gasteiger partial charge is 0.234 e. The molecule has 206 valence electrons. The first kappa shape index (κ1) is 26.8. The van der Waals surface area contributed by atoms with Gasteiger partial charge in [0.1, 0.15) is 17.1 Å². The van der Waals surface area contributed by atoms with Gasteiger partial charge in [-0.1, -0.05) is 11.2 Å². The number of carbonyl (C=O) groups is 1. The third-order valence-corrected chi connectivity index (χ3v) is 7.57. The molecule has 0 saturated carbocycles. The molecule has 2 aromatic carbocycles. The number of rotatable bonds is 8. The lowest BCUT2D eigenvalue weighted by Crippen LogP contribution is -2.17. The molecule has 13 heteroatoms. The van der Waals surface area contributed by atoms with Crippen molar-refractivity contribution in [2.45, 2.75) is 18.2 Å². The number of carbonyl (C=O) groups excluding carboxylic acids is 1. The Morgan fingerprint density at radius 3 is 2.48 bits per heavy atom. The first-order valence-corrected chi connectivity index (χ1v) is 14.2. The predicted molar refractivity (Wildman–Crippen MR) is 152 cm³/mol. The highest BCUT2D eigenvalue weighted by molar-refractivity contribution is 7.90. The molecule has 0 aliphatic carbocycles. The molecule has 5 aromatic rings. The van der Waals surface area contributed by atoms with Crippen LogP contribution in [0.15, 0.2) is 70.2 Å². The lowest BCUT2D eigenvalue weighted by molar-refractivity contribution is -0.115. The van der Waals surface area contributed by atoms with E-state index in [2.05, 4.69) is 15.5 Å². The van der Waals surface area contributed by atoms with E-state index < -0.39 is 9.84 Å². The highest BCUT2D eigenvalue weighted by Crippen LogP contribution is 2.32. The molecular formula is C27H28N8O4S. The topological polar surface area (TPSA) is 139 Å². The van der Waals surface area contributed by atoms with Crippen molar-refractivity contribution in [3.63, 3.8) is 0 Å². The van der Waals surface area contributed by atoms with Crippen molar-refractivity contribution in [2.75, 3.05) is 35.5 Å². The van der Waals surface area contributed by atoms with Gasteiger partial charge >= 0.3 is 0 Å². The van der Waals surface area contributed by atoms with E-state index in [-0.39, 0.29) is 17.2 Å². The molecule has 3 aromatic heterocycles. The minimum absolute atomic E-state index is 0.0466. The summed E-state index contributed by atoms with van der Waals surface area (Å²) in [5.41, 5.74) is 3.74. The number of amides is 1. The van der Waals surface area contributed by atoms with Crippen LogP contribution < -0.4 is 15.1 Å². The van der Waals surface area contributed by atoms with Gasteiger partial charge in [-0.05, 0) is 49.4 Å². The van der Waals surface area contributed by atoms with Crippen LogP contribution in [0.4, 0.5) is 29.1 Å². The van der Waals surface area contributed by atoms with Gasteiger partial charge in [0, 0.05) is 45.3 Å². The van der Waals surface area contributed by atoms with E-state index >= 15 is 0 Å². The van der Waals surface area contributed by atoms with Crippen LogP contribution in [0, 0.1) is 6.92 Å². The third kappa shape index (κ3) is 5.36. The van der Waals surface area contributed by atoms with Crippen LogP contribution in [-0.2, 0) is 28.1 Å². The Morgan fingerprint density at radius 2 is 1.80 bits per heavy atom. The van der Waals surface area contributed by atoms with Crippen molar-refractivity contribution >= 4 is 55.9 Å². The summed E-state index contributed by atoms with van der Waals surface area (Å²) in [4.78, 5) is 30.4. The average molecular weight is 561 g/mol. The number of hydrogen-bond acceptors (Lipinski definition) is 10. The van der Waals surface area contributed by atoms with Crippen LogP contribution in [0.1, 0.15) is 11.5 Å². The average Bonchev–Trinajstić information content (AvgIpc) is 3.49. The zero-order chi connectivity index (χ0) is 28.6. The first-order valence-electron chi connectivity index (χ1n) is 12.3. The van der Waals surface area contributed by atoms with Gasteiger partial charge in [-0.25, -0.2) is 18.4 Å². The van der Waals surface area contributed by atoms with Crippen LogP contribution in [0.2, 0.25) is 0 Å². The fourth-order valence-corrected chi connectivity index (χ4v) is 4.88. The number of anilines is 5. The predicted octanol–water partition coefficient (Wildman–Crippen LogP) is 3.78. The summed E-state index contributed by atoms with van der Waals surface area (Å²) in [6.07, 6.45) is 2.88. The molecule has 0 radical (unpaired) electrons. The maximum Gasteiger partial charge on any atom is 0.234 e. The summed E-state index contributed by atoms with van der Waals surface area (Å²) in [5.74, 6) is 1.66. The van der Waals surface area contributed by atoms with E-state index in [4.69, 9.17) is 14.5 Å². The molecule has 40 heavy (non-hydrogen) atoms. The number of benzene rings is 2. The van der Waals surface area contributed by atoms with Gasteiger partial charge in [-0.3, -0.25) is 10.1 Å². The second-order valence-electron chi connectivity index (χ2n) is 9.40. The zero-order valence-electron chi connectivity index (χ0n) is 22.7. The molecule has 0 unspecified atom stereocenters. The van der Waals surface area contributed by atoms with E-state index in [1.807, 2.05) is 48.8 Å². The number of aromatic nitrogens is 5. The number of fused-ring (bicyclic) bond motifs is 1. The van der Waals surface area contributed by atoms with Crippen LogP contribution in [0.25, 0.3) is 11.0 Å². The number of imidazole rings is 1. The Bertz CT molecular complexity index is 1810. The van der Waals surface area contributed by atoms with Gasteiger partial charge in [-0.2, -0.15) is 4.98 Å². The van der Waals surface area contributed by atoms with Gasteiger partial charge in [0.05, 0.1) is 28.2 Å². The maximum absolute atomic E-state index is 12.6. The molecule has 3 heterocycles. The molecule has 0 bridgehead atoms. The number of hydrogen-bond donors (Lipinski definition) is 1. The van der Waals surface area contributed by atoms with E-state index in [9.17, 15) is 13.2 Å². The molecule has 0 atom stereocenters. The normalized spacial score (nSPS) is 11.5. The number of nitrogens with one attached hydrogen (secondary N) is 1. The van der Waals surface area contributed by atoms with Crippen LogP contribution in [0.3, 0.4) is 0 Å². The van der Waals surface area contributed by atoms with Crippen molar-refractivity contribution in [3.8, 4) is 0 Å². The van der Waals surface area contributed by atoms with E-state index in [0.717, 1.165) is 16.9 Å². The number of aryl methyl sites for hydroxylation is 2. The quantitative estimate of drug-likeness (QED) is 0.298. The summed E-state index contributed by atoms with van der Waals surface area (Å²) in [6.45, 7) is 1.80. The summed E-state index contributed by atoms with van der Waals surface area (Å²) in [6, 6.07) is 15.8. The largest absolute Gasteiger partial charge is 0.361 e. The minimum Gasteiger partial charge on any atom is -0.361 e. The maximum atomic E-state index is 12.6. The fraction of sp³-hybridized carbons (Fsp3) is 0.222. The van der Waals surface area contributed by atoms with E-state index in [1.165, 1.54) is 6.26 Å². The SMILES string of the molecule is Cc1cc(CC(=O)Nc2nc3c(N(C)c4ccnc(N(C)c5ccc(S(C)(=O)=O)cc5)n4)cccc3n2C)on1. The lowest BCUT2D eigenvalue weighted by atomic mass is 10.2. The fourth-order valence-electron chi connectivity index (χ4n) is 4.25. The Hall–Kier alpha value is -4.78. The van der Waals surface area contributed by atoms with Gasteiger partial charge in [0.25, 0.3) is 0 Å². The first-order chi connectivity index (χ1) is 19.0. The number of para-hydroxylation sites is 1. The van der Waals surface area contributed by atoms with E-state index in [1.54, 1.807) is 54.4 Å². The molecule has 0 fully saturated rings. The molecule has 1 amide bonds. The lowest BCUT2D eigenvalue weighted by Gasteiger charge is -2.22. The molecule has 0 aliphatic heterocycles. The molecule has 12 nitrogen and oxygen atoms in total. The molecular weight excluding hydrogens is 532 g/mol. The minimum atomic E-state index is -3.29. The van der Waals surface area contributed by atoms with E-state index in [0.29, 0.717) is 34.7 Å². The number of sulfone groups is 1. The summed E-state index contributed by atoms with van der Waals surface area (Å²) < 4.78 is 30.6. The van der Waals surface area contributed by atoms with Crippen molar-refractivity contribution < 1.29 is 17.7 Å². The number of nitrogens with zero attached hydrogens (tertiary/aromatic N) is 7. The summed E-state index contributed by atoms with van der Waals surface area (Å²) in [7, 11) is 2.23. The van der Waals surface area contributed by atoms with Crippen LogP contribution in [0.5, 0.6) is 0 Å². The Kier molecular flexibility index (Phi) is 6.98. The highest BCUT2D eigenvalue weighted by Gasteiger charge is 2.19. The molecule has 5 rings (SSSR count). The van der Waals surface area contributed by atoms with Crippen LogP contribution in [-0.4, -0.2) is 59.4 Å². The summed E-state index contributed by atoms with van der Waals surface area (Å²) in [5, 5.41) is 6.67. The van der Waals surface area contributed by atoms with Crippen LogP contribution >= 0.6 is 0 Å². The second-order valence-corrected chi connectivity index (χ2v) is 11.4. The Balaban J connectivity index is 1.40. The van der Waals surface area contributed by atoms with Crippen molar-refractivity contribution in [2.24, 2.45) is 7.05 Å². The van der Waals surface area contributed by atoms with Crippen molar-refractivity contribution in [1.29, 1.82) is 0 Å². The highest BCUT2D eigenvalue weighted by atomic mass is 32.2. The van der Waals surface area contributed by atoms with Gasteiger partial charge in [0.2, 0.25) is 17.8 Å². The Morgan fingerprint density at radius 1 is 1.05 bits per heavy atom. The van der Waals surface area contributed by atoms with Gasteiger partial charge < -0.3 is 18.9 Å². The van der Waals surface area contributed by atoms with Gasteiger partial charge in [-0.15, -0.1) is 0 Å². The standard InChI is InChI=1S/C27H28N8O4S/c1-17-15-19(39-32-17)16-24(36)30-27-31-25-21(7-6-8-22(25)35(27)4)34(3)23-13-14-28-26(29-23)33(2)18-9-11-20(12-10-18)40(5,37)38/h6-15H,16H2,1-5H3,(H,30,31,36). The van der Waals surface area contributed by atoms with Crippen molar-refractivity contribution in [1.82, 2.24) is 24.7 Å². The Labute approximate surface area is 231 Å². The van der Waals surface area contributed by atoms with Crippen molar-refractivity contribution in [3.05, 3.63) is 72.2 Å². The monoisotopic (exact) mass is 560 g/mol. The molecule has 0 spiro atoms. The third-order valence-electron chi connectivity index (χ3n) is 6.44. The second kappa shape index (κ2) is 10.4.